The molecule has 1 amide bonds. The van der Waals surface area contributed by atoms with Gasteiger partial charge in [0.1, 0.15) is 11.5 Å². The van der Waals surface area contributed by atoms with Crippen LogP contribution in [-0.4, -0.2) is 62.7 Å². The lowest BCUT2D eigenvalue weighted by atomic mass is 10.1. The lowest BCUT2D eigenvalue weighted by molar-refractivity contribution is -0.144. The molecule has 132 valence electrons. The third kappa shape index (κ3) is 3.95. The number of hydrogen-bond donors (Lipinski definition) is 0. The normalized spacial score (nSPS) is 17.8. The van der Waals surface area contributed by atoms with Crippen LogP contribution in [0.4, 0.5) is 0 Å². The molecule has 7 heteroatoms. The van der Waals surface area contributed by atoms with Crippen molar-refractivity contribution in [1.29, 1.82) is 0 Å². The van der Waals surface area contributed by atoms with Crippen LogP contribution in [0.3, 0.4) is 0 Å². The van der Waals surface area contributed by atoms with Crippen LogP contribution in [0.2, 0.25) is 0 Å². The van der Waals surface area contributed by atoms with Crippen LogP contribution in [0.5, 0.6) is 11.5 Å². The Morgan fingerprint density at radius 2 is 1.79 bits per heavy atom. The Morgan fingerprint density at radius 1 is 1.17 bits per heavy atom. The van der Waals surface area contributed by atoms with Crippen molar-refractivity contribution in [2.24, 2.45) is 5.92 Å². The number of methoxy groups -OCH3 is 3. The largest absolute Gasteiger partial charge is 0.496 e. The van der Waals surface area contributed by atoms with E-state index in [1.807, 2.05) is 6.92 Å². The van der Waals surface area contributed by atoms with E-state index in [-0.39, 0.29) is 17.8 Å². The van der Waals surface area contributed by atoms with Gasteiger partial charge in [-0.15, -0.1) is 0 Å². The highest BCUT2D eigenvalue weighted by molar-refractivity contribution is 7.99. The molecular weight excluding hydrogens is 330 g/mol. The van der Waals surface area contributed by atoms with E-state index in [4.69, 9.17) is 14.2 Å². The molecule has 0 radical (unpaired) electrons. The number of amides is 1. The van der Waals surface area contributed by atoms with Gasteiger partial charge in [-0.05, 0) is 19.1 Å². The Balaban J connectivity index is 2.28. The van der Waals surface area contributed by atoms with Gasteiger partial charge < -0.3 is 19.1 Å². The van der Waals surface area contributed by atoms with Crippen LogP contribution in [0.25, 0.3) is 0 Å². The molecule has 1 saturated heterocycles. The molecular formula is C17H23NO5S. The van der Waals surface area contributed by atoms with E-state index in [9.17, 15) is 9.59 Å². The summed E-state index contributed by atoms with van der Waals surface area (Å²) in [6.07, 6.45) is 0. The summed E-state index contributed by atoms with van der Waals surface area (Å²) in [6.45, 7) is 2.83. The van der Waals surface area contributed by atoms with Crippen LogP contribution in [-0.2, 0) is 9.53 Å². The van der Waals surface area contributed by atoms with Crippen LogP contribution < -0.4 is 9.47 Å². The van der Waals surface area contributed by atoms with Crippen LogP contribution in [0.15, 0.2) is 12.1 Å². The summed E-state index contributed by atoms with van der Waals surface area (Å²) in [5, 5.41) is 0. The quantitative estimate of drug-likeness (QED) is 0.772. The number of esters is 1. The molecule has 1 unspecified atom stereocenters. The second-order valence-electron chi connectivity index (χ2n) is 5.55. The minimum atomic E-state index is -0.305. The first-order valence-corrected chi connectivity index (χ1v) is 8.84. The van der Waals surface area contributed by atoms with E-state index in [0.717, 1.165) is 11.3 Å². The number of carbonyl (C=O) groups is 2. The molecule has 0 saturated carbocycles. The zero-order chi connectivity index (χ0) is 17.7. The number of thioether (sulfide) groups is 1. The number of benzene rings is 1. The summed E-state index contributed by atoms with van der Waals surface area (Å²) >= 11 is 1.66. The molecule has 0 spiro atoms. The van der Waals surface area contributed by atoms with Crippen molar-refractivity contribution in [3.63, 3.8) is 0 Å². The van der Waals surface area contributed by atoms with Gasteiger partial charge in [0.25, 0.3) is 5.91 Å². The zero-order valence-corrected chi connectivity index (χ0v) is 15.3. The van der Waals surface area contributed by atoms with Crippen molar-refractivity contribution in [2.45, 2.75) is 6.92 Å². The molecule has 1 aromatic rings. The summed E-state index contributed by atoms with van der Waals surface area (Å²) in [4.78, 5) is 26.5. The first-order valence-electron chi connectivity index (χ1n) is 7.69. The number of carbonyl (C=O) groups excluding carboxylic acids is 2. The Morgan fingerprint density at radius 3 is 2.33 bits per heavy atom. The van der Waals surface area contributed by atoms with E-state index in [2.05, 4.69) is 0 Å². The van der Waals surface area contributed by atoms with Crippen LogP contribution >= 0.6 is 11.8 Å². The van der Waals surface area contributed by atoms with Gasteiger partial charge in [0, 0.05) is 35.7 Å². The maximum atomic E-state index is 12.9. The molecule has 2 rings (SSSR count). The summed E-state index contributed by atoms with van der Waals surface area (Å²) in [5.74, 6) is 1.94. The minimum Gasteiger partial charge on any atom is -0.496 e. The first-order chi connectivity index (χ1) is 11.5. The third-order valence-electron chi connectivity index (χ3n) is 4.09. The summed E-state index contributed by atoms with van der Waals surface area (Å²) in [5.41, 5.74) is 1.33. The summed E-state index contributed by atoms with van der Waals surface area (Å²) < 4.78 is 15.5. The van der Waals surface area contributed by atoms with E-state index < -0.39 is 0 Å². The number of rotatable bonds is 4. The Bertz CT molecular complexity index is 594. The van der Waals surface area contributed by atoms with Gasteiger partial charge >= 0.3 is 5.97 Å². The van der Waals surface area contributed by atoms with Gasteiger partial charge in [0.2, 0.25) is 0 Å². The van der Waals surface area contributed by atoms with E-state index >= 15 is 0 Å². The van der Waals surface area contributed by atoms with Gasteiger partial charge in [0.05, 0.1) is 27.2 Å². The minimum absolute atomic E-state index is 0.136. The molecule has 6 nitrogen and oxygen atoms in total. The predicted molar refractivity (Wildman–Crippen MR) is 93.0 cm³/mol. The fourth-order valence-electron chi connectivity index (χ4n) is 2.70. The van der Waals surface area contributed by atoms with Gasteiger partial charge in [0.15, 0.2) is 0 Å². The first kappa shape index (κ1) is 18.4. The fraction of sp³-hybridized carbons (Fsp3) is 0.529. The SMILES string of the molecule is COC(=O)C1CSCCN(C(=O)c2cc(OC)c(C)c(OC)c2)C1. The number of nitrogens with zero attached hydrogens (tertiary/aromatic N) is 1. The molecule has 1 aliphatic heterocycles. The molecule has 1 aromatic carbocycles. The van der Waals surface area contributed by atoms with Crippen LogP contribution in [0, 0.1) is 12.8 Å². The highest BCUT2D eigenvalue weighted by atomic mass is 32.2. The lowest BCUT2D eigenvalue weighted by Crippen LogP contribution is -2.38. The van der Waals surface area contributed by atoms with E-state index in [0.29, 0.717) is 35.9 Å². The molecule has 1 fully saturated rings. The maximum absolute atomic E-state index is 12.9. The van der Waals surface area contributed by atoms with Gasteiger partial charge in [-0.1, -0.05) is 0 Å². The second kappa shape index (κ2) is 8.28. The summed E-state index contributed by atoms with van der Waals surface area (Å²) in [6, 6.07) is 3.43. The third-order valence-corrected chi connectivity index (χ3v) is 5.20. The maximum Gasteiger partial charge on any atom is 0.311 e. The van der Waals surface area contributed by atoms with E-state index in [1.165, 1.54) is 7.11 Å². The molecule has 0 N–H and O–H groups in total. The van der Waals surface area contributed by atoms with Crippen molar-refractivity contribution >= 4 is 23.6 Å². The standard InChI is InChI=1S/C17H23NO5S/c1-11-14(21-2)7-12(8-15(11)22-3)16(19)18-5-6-24-10-13(9-18)17(20)23-4/h7-8,13H,5-6,9-10H2,1-4H3. The van der Waals surface area contributed by atoms with Crippen LogP contribution in [0.1, 0.15) is 15.9 Å². The molecule has 1 aliphatic rings. The lowest BCUT2D eigenvalue weighted by Gasteiger charge is -2.24. The zero-order valence-electron chi connectivity index (χ0n) is 14.5. The Hall–Kier alpha value is -1.89. The van der Waals surface area contributed by atoms with Gasteiger partial charge in [-0.25, -0.2) is 0 Å². The van der Waals surface area contributed by atoms with Crippen molar-refractivity contribution in [1.82, 2.24) is 4.90 Å². The Kier molecular flexibility index (Phi) is 6.36. The topological polar surface area (TPSA) is 65.1 Å². The second-order valence-corrected chi connectivity index (χ2v) is 6.70. The van der Waals surface area contributed by atoms with Gasteiger partial charge in [-0.2, -0.15) is 11.8 Å². The predicted octanol–water partition coefficient (Wildman–Crippen LogP) is 1.99. The molecule has 0 aliphatic carbocycles. The smallest absolute Gasteiger partial charge is 0.311 e. The van der Waals surface area contributed by atoms with Crippen molar-refractivity contribution in [2.75, 3.05) is 45.9 Å². The van der Waals surface area contributed by atoms with Crippen molar-refractivity contribution in [3.05, 3.63) is 23.3 Å². The summed E-state index contributed by atoms with van der Waals surface area (Å²) in [7, 11) is 4.50. The highest BCUT2D eigenvalue weighted by Crippen LogP contribution is 2.30. The van der Waals surface area contributed by atoms with Crippen molar-refractivity contribution < 1.29 is 23.8 Å². The fourth-order valence-corrected chi connectivity index (χ4v) is 3.74. The average Bonchev–Trinajstić information content (AvgIpc) is 2.86. The molecule has 24 heavy (non-hydrogen) atoms. The van der Waals surface area contributed by atoms with E-state index in [1.54, 1.807) is 43.0 Å². The molecule has 0 aromatic heterocycles. The van der Waals surface area contributed by atoms with Gasteiger partial charge in [-0.3, -0.25) is 9.59 Å². The molecule has 1 heterocycles. The molecule has 1 atom stereocenters. The number of hydrogen-bond acceptors (Lipinski definition) is 6. The van der Waals surface area contributed by atoms with Crippen molar-refractivity contribution in [3.8, 4) is 11.5 Å². The highest BCUT2D eigenvalue weighted by Gasteiger charge is 2.29. The average molecular weight is 353 g/mol. The Labute approximate surface area is 146 Å². The molecule has 0 bridgehead atoms. The monoisotopic (exact) mass is 353 g/mol. The number of ether oxygens (including phenoxy) is 3.